The second-order valence-electron chi connectivity index (χ2n) is 3.63. The fourth-order valence-corrected chi connectivity index (χ4v) is 1.52. The molecule has 0 aliphatic rings. The first-order chi connectivity index (χ1) is 8.30. The first-order valence-electron chi connectivity index (χ1n) is 5.47. The number of benzene rings is 1. The summed E-state index contributed by atoms with van der Waals surface area (Å²) in [5.41, 5.74) is 0.0997. The number of unbranched alkanes of at least 4 members (excludes halogenated alkanes) is 1. The summed E-state index contributed by atoms with van der Waals surface area (Å²) in [6.45, 7) is 4.36. The standard InChI is InChI=1S/C7H7NO5S.C4H10/c9-8(10)7-3-1-6(2-4-7)5-14(11,12)13;1-3-4-2/h1-4H,5H2,(H,11,12,13);3-4H2,1-2H3/p-1. The van der Waals surface area contributed by atoms with Gasteiger partial charge in [-0.2, -0.15) is 0 Å². The van der Waals surface area contributed by atoms with Crippen molar-refractivity contribution >= 4 is 15.8 Å². The van der Waals surface area contributed by atoms with E-state index in [2.05, 4.69) is 13.8 Å². The molecule has 1 rings (SSSR count). The van der Waals surface area contributed by atoms with Crippen LogP contribution in [0, 0.1) is 10.1 Å². The topological polar surface area (TPSA) is 100 Å². The number of nitro benzene ring substituents is 1. The number of hydrogen-bond donors (Lipinski definition) is 0. The van der Waals surface area contributed by atoms with E-state index in [0.29, 0.717) is 0 Å². The molecule has 1 aromatic rings. The van der Waals surface area contributed by atoms with Crippen LogP contribution in [0.1, 0.15) is 32.3 Å². The highest BCUT2D eigenvalue weighted by Crippen LogP contribution is 2.13. The van der Waals surface area contributed by atoms with E-state index < -0.39 is 20.8 Å². The molecular weight excluding hydrogens is 258 g/mol. The molecule has 0 atom stereocenters. The predicted molar refractivity (Wildman–Crippen MR) is 67.1 cm³/mol. The summed E-state index contributed by atoms with van der Waals surface area (Å²) in [5.74, 6) is -0.648. The van der Waals surface area contributed by atoms with Crippen molar-refractivity contribution in [2.45, 2.75) is 32.4 Å². The van der Waals surface area contributed by atoms with Gasteiger partial charge in [0.25, 0.3) is 5.69 Å². The van der Waals surface area contributed by atoms with Crippen molar-refractivity contribution in [2.24, 2.45) is 0 Å². The highest BCUT2D eigenvalue weighted by Gasteiger charge is 2.05. The van der Waals surface area contributed by atoms with Gasteiger partial charge in [0.1, 0.15) is 0 Å². The summed E-state index contributed by atoms with van der Waals surface area (Å²) in [7, 11) is -4.33. The van der Waals surface area contributed by atoms with Gasteiger partial charge in [-0.1, -0.05) is 38.8 Å². The monoisotopic (exact) mass is 274 g/mol. The second-order valence-corrected chi connectivity index (χ2v) is 5.03. The molecule has 6 nitrogen and oxygen atoms in total. The molecule has 0 fully saturated rings. The average Bonchev–Trinajstić information content (AvgIpc) is 2.28. The van der Waals surface area contributed by atoms with E-state index in [9.17, 15) is 23.1 Å². The molecule has 0 aliphatic carbocycles. The van der Waals surface area contributed by atoms with Crippen LogP contribution in [-0.4, -0.2) is 17.9 Å². The van der Waals surface area contributed by atoms with E-state index in [4.69, 9.17) is 0 Å². The largest absolute Gasteiger partial charge is 0.748 e. The molecule has 1 aromatic carbocycles. The molecule has 0 amide bonds. The Morgan fingerprint density at radius 3 is 1.83 bits per heavy atom. The zero-order valence-corrected chi connectivity index (χ0v) is 11.1. The summed E-state index contributed by atoms with van der Waals surface area (Å²) >= 11 is 0. The van der Waals surface area contributed by atoms with Crippen molar-refractivity contribution in [3.8, 4) is 0 Å². The van der Waals surface area contributed by atoms with Gasteiger partial charge >= 0.3 is 0 Å². The molecule has 0 unspecified atom stereocenters. The van der Waals surface area contributed by atoms with Crippen molar-refractivity contribution in [3.63, 3.8) is 0 Å². The molecule has 0 bridgehead atoms. The predicted octanol–water partition coefficient (Wildman–Crippen LogP) is 2.45. The van der Waals surface area contributed by atoms with Crippen LogP contribution in [0.3, 0.4) is 0 Å². The highest BCUT2D eigenvalue weighted by molar-refractivity contribution is 7.84. The summed E-state index contributed by atoms with van der Waals surface area (Å²) in [5, 5.41) is 10.2. The van der Waals surface area contributed by atoms with Crippen molar-refractivity contribution < 1.29 is 17.9 Å². The Hall–Kier alpha value is -1.47. The lowest BCUT2D eigenvalue weighted by atomic mass is 10.2. The molecule has 18 heavy (non-hydrogen) atoms. The lowest BCUT2D eigenvalue weighted by Crippen LogP contribution is -2.01. The second kappa shape index (κ2) is 7.78. The molecule has 0 spiro atoms. The summed E-state index contributed by atoms with van der Waals surface area (Å²) in [6, 6.07) is 4.79. The van der Waals surface area contributed by atoms with E-state index in [-0.39, 0.29) is 11.3 Å². The molecule has 0 aromatic heterocycles. The van der Waals surface area contributed by atoms with Crippen LogP contribution in [0.5, 0.6) is 0 Å². The Morgan fingerprint density at radius 2 is 1.56 bits per heavy atom. The summed E-state index contributed by atoms with van der Waals surface area (Å²) in [4.78, 5) is 9.62. The number of nitrogens with zero attached hydrogens (tertiary/aromatic N) is 1. The van der Waals surface area contributed by atoms with Crippen LogP contribution in [0.2, 0.25) is 0 Å². The van der Waals surface area contributed by atoms with Crippen LogP contribution in [0.4, 0.5) is 5.69 Å². The third-order valence-electron chi connectivity index (χ3n) is 1.99. The molecule has 0 N–H and O–H groups in total. The quantitative estimate of drug-likeness (QED) is 0.477. The highest BCUT2D eigenvalue weighted by atomic mass is 32.2. The minimum absolute atomic E-state index is 0.142. The van der Waals surface area contributed by atoms with Crippen LogP contribution in [0.15, 0.2) is 24.3 Å². The zero-order valence-electron chi connectivity index (χ0n) is 10.3. The normalized spacial score (nSPS) is 10.4. The molecular formula is C11H16NO5S-. The zero-order chi connectivity index (χ0) is 14.2. The maximum absolute atomic E-state index is 10.3. The smallest absolute Gasteiger partial charge is 0.269 e. The number of non-ortho nitro benzene ring substituents is 1. The maximum Gasteiger partial charge on any atom is 0.269 e. The molecule has 102 valence electrons. The van der Waals surface area contributed by atoms with E-state index in [1.807, 2.05) is 0 Å². The average molecular weight is 274 g/mol. The molecule has 0 saturated carbocycles. The van der Waals surface area contributed by atoms with Crippen LogP contribution < -0.4 is 0 Å². The van der Waals surface area contributed by atoms with Gasteiger partial charge in [-0.3, -0.25) is 10.1 Å². The minimum atomic E-state index is -4.33. The number of hydrogen-bond acceptors (Lipinski definition) is 5. The minimum Gasteiger partial charge on any atom is -0.748 e. The van der Waals surface area contributed by atoms with E-state index in [1.54, 1.807) is 0 Å². The summed E-state index contributed by atoms with van der Waals surface area (Å²) in [6.07, 6.45) is 2.64. The lowest BCUT2D eigenvalue weighted by Gasteiger charge is -2.05. The van der Waals surface area contributed by atoms with Crippen LogP contribution >= 0.6 is 0 Å². The molecule has 0 radical (unpaired) electrons. The Labute approximate surface area is 107 Å². The number of nitro groups is 1. The first-order valence-corrected chi connectivity index (χ1v) is 7.04. The Morgan fingerprint density at radius 1 is 1.11 bits per heavy atom. The third kappa shape index (κ3) is 7.75. The fourth-order valence-electron chi connectivity index (χ4n) is 0.918. The lowest BCUT2D eigenvalue weighted by molar-refractivity contribution is -0.384. The van der Waals surface area contributed by atoms with E-state index in [0.717, 1.165) is 12.1 Å². The van der Waals surface area contributed by atoms with E-state index >= 15 is 0 Å². The molecule has 0 aliphatic heterocycles. The maximum atomic E-state index is 10.3. The Balaban J connectivity index is 0.000000631. The third-order valence-corrected chi connectivity index (χ3v) is 2.68. The summed E-state index contributed by atoms with van der Waals surface area (Å²) < 4.78 is 31.0. The van der Waals surface area contributed by atoms with Gasteiger partial charge in [-0.15, -0.1) is 0 Å². The molecule has 7 heteroatoms. The fraction of sp³-hybridized carbons (Fsp3) is 0.455. The van der Waals surface area contributed by atoms with Gasteiger partial charge in [0.15, 0.2) is 0 Å². The van der Waals surface area contributed by atoms with Crippen molar-refractivity contribution in [1.29, 1.82) is 0 Å². The van der Waals surface area contributed by atoms with Gasteiger partial charge < -0.3 is 4.55 Å². The van der Waals surface area contributed by atoms with E-state index in [1.165, 1.54) is 25.0 Å². The van der Waals surface area contributed by atoms with Crippen molar-refractivity contribution in [1.82, 2.24) is 0 Å². The van der Waals surface area contributed by atoms with Gasteiger partial charge in [0, 0.05) is 12.1 Å². The molecule has 0 saturated heterocycles. The molecule has 0 heterocycles. The van der Waals surface area contributed by atoms with Crippen LogP contribution in [0.25, 0.3) is 0 Å². The first kappa shape index (κ1) is 16.5. The van der Waals surface area contributed by atoms with Gasteiger partial charge in [0.2, 0.25) is 0 Å². The van der Waals surface area contributed by atoms with Gasteiger partial charge in [-0.05, 0) is 5.56 Å². The Bertz CT molecular complexity index is 465. The van der Waals surface area contributed by atoms with Crippen LogP contribution in [-0.2, 0) is 15.9 Å². The van der Waals surface area contributed by atoms with Crippen molar-refractivity contribution in [2.75, 3.05) is 0 Å². The van der Waals surface area contributed by atoms with Crippen molar-refractivity contribution in [3.05, 3.63) is 39.9 Å². The SMILES string of the molecule is CCCC.O=[N+]([O-])c1ccc(CS(=O)(=O)[O-])cc1. The Kier molecular flexibility index (Phi) is 7.14. The number of rotatable bonds is 4. The van der Waals surface area contributed by atoms with Gasteiger partial charge in [0.05, 0.1) is 20.8 Å². The van der Waals surface area contributed by atoms with Gasteiger partial charge in [-0.25, -0.2) is 8.42 Å².